The van der Waals surface area contributed by atoms with Crippen LogP contribution in [0.5, 0.6) is 11.5 Å². The fraction of sp³-hybridized carbons (Fsp3) is 0.0667. The summed E-state index contributed by atoms with van der Waals surface area (Å²) in [5, 5.41) is 1.58. The van der Waals surface area contributed by atoms with E-state index in [0.717, 1.165) is 5.41 Å². The first-order chi connectivity index (χ1) is 9.98. The Labute approximate surface area is 128 Å². The average molecular weight is 325 g/mol. The second-order valence-corrected chi connectivity index (χ2v) is 5.97. The molecule has 0 fully saturated rings. The maximum absolute atomic E-state index is 11.9. The maximum atomic E-state index is 11.9. The molecule has 0 unspecified atom stereocenters. The molecule has 0 atom stereocenters. The van der Waals surface area contributed by atoms with E-state index in [1.807, 2.05) is 0 Å². The van der Waals surface area contributed by atoms with Gasteiger partial charge in [0.15, 0.2) is 0 Å². The second kappa shape index (κ2) is 6.65. The molecule has 0 heterocycles. The normalized spacial score (nSPS) is 11.5. The molecular formula is C15H13ClO4S. The van der Waals surface area contributed by atoms with Crippen LogP contribution < -0.4 is 8.92 Å². The van der Waals surface area contributed by atoms with Gasteiger partial charge in [-0.05, 0) is 35.9 Å². The molecule has 0 aliphatic heterocycles. The van der Waals surface area contributed by atoms with E-state index >= 15 is 0 Å². The summed E-state index contributed by atoms with van der Waals surface area (Å²) < 4.78 is 33.7. The lowest BCUT2D eigenvalue weighted by molar-refractivity contribution is 0.412. The summed E-state index contributed by atoms with van der Waals surface area (Å²) in [4.78, 5) is 0. The van der Waals surface area contributed by atoms with Crippen LogP contribution in [0.1, 0.15) is 5.56 Å². The topological polar surface area (TPSA) is 52.6 Å². The molecule has 2 aromatic rings. The summed E-state index contributed by atoms with van der Waals surface area (Å²) in [5.41, 5.74) is 0.706. The predicted octanol–water partition coefficient (Wildman–Crippen LogP) is 3.73. The largest absolute Gasteiger partial charge is 0.497 e. The number of ether oxygens (including phenoxy) is 1. The minimum Gasteiger partial charge on any atom is -0.497 e. The van der Waals surface area contributed by atoms with E-state index in [1.54, 1.807) is 36.4 Å². The lowest BCUT2D eigenvalue weighted by atomic mass is 10.2. The molecule has 0 radical (unpaired) electrons. The molecule has 0 spiro atoms. The summed E-state index contributed by atoms with van der Waals surface area (Å²) in [5.74, 6) is 0.708. The molecule has 0 saturated heterocycles. The van der Waals surface area contributed by atoms with Crippen molar-refractivity contribution < 1.29 is 17.3 Å². The van der Waals surface area contributed by atoms with Gasteiger partial charge in [0.1, 0.15) is 11.5 Å². The van der Waals surface area contributed by atoms with Gasteiger partial charge < -0.3 is 8.92 Å². The van der Waals surface area contributed by atoms with Gasteiger partial charge in [0.2, 0.25) is 0 Å². The molecule has 0 aromatic heterocycles. The van der Waals surface area contributed by atoms with Crippen LogP contribution in [0.15, 0.2) is 53.9 Å². The Bertz CT molecular complexity index is 737. The minimum atomic E-state index is -3.84. The zero-order valence-corrected chi connectivity index (χ0v) is 12.8. The van der Waals surface area contributed by atoms with Gasteiger partial charge in [-0.2, -0.15) is 8.42 Å². The molecule has 0 aliphatic carbocycles. The summed E-state index contributed by atoms with van der Waals surface area (Å²) >= 11 is 5.76. The first-order valence-corrected chi connectivity index (χ1v) is 7.86. The van der Waals surface area contributed by atoms with Crippen molar-refractivity contribution in [3.05, 3.63) is 64.5 Å². The Morgan fingerprint density at radius 3 is 2.38 bits per heavy atom. The van der Waals surface area contributed by atoms with E-state index in [1.165, 1.54) is 25.3 Å². The fourth-order valence-corrected chi connectivity index (χ4v) is 2.43. The highest BCUT2D eigenvalue weighted by molar-refractivity contribution is 7.90. The van der Waals surface area contributed by atoms with Crippen molar-refractivity contribution in [2.24, 2.45) is 0 Å². The van der Waals surface area contributed by atoms with Crippen LogP contribution in [0.4, 0.5) is 0 Å². The summed E-state index contributed by atoms with van der Waals surface area (Å²) in [6.45, 7) is 0. The number of halogens is 1. The standard InChI is InChI=1S/C15H13ClO4S/c1-19-14-3-2-4-15(11-14)20-21(17,18)10-9-12-5-7-13(16)8-6-12/h2-11H,1H3/b10-9+. The first-order valence-electron chi connectivity index (χ1n) is 6.01. The molecule has 2 aromatic carbocycles. The van der Waals surface area contributed by atoms with Crippen molar-refractivity contribution in [3.8, 4) is 11.5 Å². The Morgan fingerprint density at radius 1 is 1.05 bits per heavy atom. The zero-order chi connectivity index (χ0) is 15.3. The lowest BCUT2D eigenvalue weighted by Gasteiger charge is -2.05. The van der Waals surface area contributed by atoms with Crippen LogP contribution in [-0.4, -0.2) is 15.5 Å². The molecule has 21 heavy (non-hydrogen) atoms. The van der Waals surface area contributed by atoms with Crippen molar-refractivity contribution in [2.75, 3.05) is 7.11 Å². The Kier molecular flexibility index (Phi) is 4.88. The Hall–Kier alpha value is -1.98. The molecular weight excluding hydrogens is 312 g/mol. The number of methoxy groups -OCH3 is 1. The average Bonchev–Trinajstić information content (AvgIpc) is 2.46. The van der Waals surface area contributed by atoms with E-state index < -0.39 is 10.1 Å². The van der Waals surface area contributed by atoms with E-state index in [2.05, 4.69) is 0 Å². The third-order valence-electron chi connectivity index (χ3n) is 2.55. The molecule has 0 saturated carbocycles. The number of hydrogen-bond donors (Lipinski definition) is 0. The number of hydrogen-bond acceptors (Lipinski definition) is 4. The van der Waals surface area contributed by atoms with Gasteiger partial charge >= 0.3 is 10.1 Å². The van der Waals surface area contributed by atoms with Crippen molar-refractivity contribution in [1.82, 2.24) is 0 Å². The van der Waals surface area contributed by atoms with Crippen LogP contribution >= 0.6 is 11.6 Å². The monoisotopic (exact) mass is 324 g/mol. The second-order valence-electron chi connectivity index (χ2n) is 4.11. The third kappa shape index (κ3) is 4.81. The van der Waals surface area contributed by atoms with Gasteiger partial charge in [-0.1, -0.05) is 29.8 Å². The highest BCUT2D eigenvalue weighted by Gasteiger charge is 2.08. The molecule has 6 heteroatoms. The summed E-state index contributed by atoms with van der Waals surface area (Å²) in [6.07, 6.45) is 1.44. The lowest BCUT2D eigenvalue weighted by Crippen LogP contribution is -2.05. The number of rotatable bonds is 5. The van der Waals surface area contributed by atoms with Crippen molar-refractivity contribution in [3.63, 3.8) is 0 Å². The summed E-state index contributed by atoms with van der Waals surface area (Å²) in [7, 11) is -2.34. The van der Waals surface area contributed by atoms with Crippen LogP contribution in [0.2, 0.25) is 5.02 Å². The van der Waals surface area contributed by atoms with Gasteiger partial charge in [-0.25, -0.2) is 0 Å². The summed E-state index contributed by atoms with van der Waals surface area (Å²) in [6, 6.07) is 13.1. The Balaban J connectivity index is 2.12. The van der Waals surface area contributed by atoms with Gasteiger partial charge in [0.25, 0.3) is 0 Å². The van der Waals surface area contributed by atoms with E-state index in [0.29, 0.717) is 16.3 Å². The Morgan fingerprint density at radius 2 is 1.71 bits per heavy atom. The van der Waals surface area contributed by atoms with E-state index in [-0.39, 0.29) is 5.75 Å². The molecule has 110 valence electrons. The van der Waals surface area contributed by atoms with Crippen LogP contribution in [0.3, 0.4) is 0 Å². The molecule has 4 nitrogen and oxygen atoms in total. The van der Waals surface area contributed by atoms with Gasteiger partial charge in [-0.3, -0.25) is 0 Å². The van der Waals surface area contributed by atoms with Crippen LogP contribution in [0, 0.1) is 0 Å². The van der Waals surface area contributed by atoms with E-state index in [9.17, 15) is 8.42 Å². The van der Waals surface area contributed by atoms with Gasteiger partial charge in [-0.15, -0.1) is 0 Å². The number of benzene rings is 2. The smallest absolute Gasteiger partial charge is 0.332 e. The SMILES string of the molecule is COc1cccc(OS(=O)(=O)/C=C/c2ccc(Cl)cc2)c1. The molecule has 0 aliphatic rings. The van der Waals surface area contributed by atoms with Crippen molar-refractivity contribution in [1.29, 1.82) is 0 Å². The molecule has 0 amide bonds. The fourth-order valence-electron chi connectivity index (χ4n) is 1.55. The molecule has 0 N–H and O–H groups in total. The van der Waals surface area contributed by atoms with Gasteiger partial charge in [0.05, 0.1) is 12.5 Å². The highest BCUT2D eigenvalue weighted by Crippen LogP contribution is 2.21. The quantitative estimate of drug-likeness (QED) is 0.786. The first kappa shape index (κ1) is 15.4. The van der Waals surface area contributed by atoms with Crippen molar-refractivity contribution >= 4 is 27.8 Å². The highest BCUT2D eigenvalue weighted by atomic mass is 35.5. The maximum Gasteiger partial charge on any atom is 0.332 e. The molecule has 2 rings (SSSR count). The van der Waals surface area contributed by atoms with Crippen LogP contribution in [0.25, 0.3) is 6.08 Å². The third-order valence-corrected chi connectivity index (χ3v) is 3.70. The molecule has 0 bridgehead atoms. The predicted molar refractivity (Wildman–Crippen MR) is 83.0 cm³/mol. The van der Waals surface area contributed by atoms with E-state index in [4.69, 9.17) is 20.5 Å². The zero-order valence-electron chi connectivity index (χ0n) is 11.2. The van der Waals surface area contributed by atoms with Crippen LogP contribution in [-0.2, 0) is 10.1 Å². The van der Waals surface area contributed by atoms with Gasteiger partial charge in [0, 0.05) is 11.1 Å². The van der Waals surface area contributed by atoms with Crippen molar-refractivity contribution in [2.45, 2.75) is 0 Å². The minimum absolute atomic E-state index is 0.190.